The SMILES string of the molecule is C[C@H](Oc1ccc(-c2cccc(Cl)c2)cc1)C(O)CCc1cccnc1. The molecule has 1 N–H and O–H groups in total. The van der Waals surface area contributed by atoms with Gasteiger partial charge in [0.25, 0.3) is 0 Å². The van der Waals surface area contributed by atoms with E-state index in [2.05, 4.69) is 4.98 Å². The second-order valence-corrected chi connectivity index (χ2v) is 6.76. The van der Waals surface area contributed by atoms with Gasteiger partial charge in [-0.1, -0.05) is 41.9 Å². The lowest BCUT2D eigenvalue weighted by Gasteiger charge is -2.20. The number of hydrogen-bond acceptors (Lipinski definition) is 3. The van der Waals surface area contributed by atoms with Gasteiger partial charge >= 0.3 is 0 Å². The van der Waals surface area contributed by atoms with E-state index in [1.165, 1.54) is 0 Å². The van der Waals surface area contributed by atoms with Crippen LogP contribution < -0.4 is 4.74 Å². The predicted molar refractivity (Wildman–Crippen MR) is 106 cm³/mol. The van der Waals surface area contributed by atoms with Crippen molar-refractivity contribution in [2.75, 3.05) is 0 Å². The van der Waals surface area contributed by atoms with Crippen LogP contribution in [0.1, 0.15) is 18.9 Å². The second-order valence-electron chi connectivity index (χ2n) is 6.32. The van der Waals surface area contributed by atoms with Crippen molar-refractivity contribution in [3.05, 3.63) is 83.6 Å². The summed E-state index contributed by atoms with van der Waals surface area (Å²) in [5.41, 5.74) is 3.25. The van der Waals surface area contributed by atoms with Crippen molar-refractivity contribution in [1.82, 2.24) is 4.98 Å². The Labute approximate surface area is 159 Å². The molecule has 134 valence electrons. The van der Waals surface area contributed by atoms with E-state index in [0.717, 1.165) is 28.9 Å². The summed E-state index contributed by atoms with van der Waals surface area (Å²) in [5, 5.41) is 11.1. The summed E-state index contributed by atoms with van der Waals surface area (Å²) in [7, 11) is 0. The molecule has 0 bridgehead atoms. The molecule has 3 nitrogen and oxygen atoms in total. The third kappa shape index (κ3) is 5.07. The summed E-state index contributed by atoms with van der Waals surface area (Å²) < 4.78 is 5.89. The Morgan fingerprint density at radius 2 is 1.85 bits per heavy atom. The smallest absolute Gasteiger partial charge is 0.122 e. The molecule has 0 fully saturated rings. The van der Waals surface area contributed by atoms with Gasteiger partial charge < -0.3 is 9.84 Å². The highest BCUT2D eigenvalue weighted by atomic mass is 35.5. The Hall–Kier alpha value is -2.36. The second kappa shape index (κ2) is 8.84. The van der Waals surface area contributed by atoms with Crippen LogP contribution in [0.5, 0.6) is 5.75 Å². The van der Waals surface area contributed by atoms with E-state index >= 15 is 0 Å². The Kier molecular flexibility index (Phi) is 6.26. The van der Waals surface area contributed by atoms with Gasteiger partial charge in [-0.2, -0.15) is 0 Å². The molecule has 2 atom stereocenters. The zero-order chi connectivity index (χ0) is 18.4. The maximum atomic E-state index is 10.3. The fourth-order valence-electron chi connectivity index (χ4n) is 2.78. The van der Waals surface area contributed by atoms with Crippen molar-refractivity contribution >= 4 is 11.6 Å². The molecule has 1 unspecified atom stereocenters. The number of aromatic nitrogens is 1. The molecular weight excluding hydrogens is 346 g/mol. The molecule has 0 aliphatic carbocycles. The van der Waals surface area contributed by atoms with Crippen LogP contribution >= 0.6 is 11.6 Å². The van der Waals surface area contributed by atoms with E-state index in [9.17, 15) is 5.11 Å². The number of benzene rings is 2. The summed E-state index contributed by atoms with van der Waals surface area (Å²) in [6.07, 6.45) is 4.15. The first-order chi connectivity index (χ1) is 12.6. The van der Waals surface area contributed by atoms with Crippen LogP contribution in [0.2, 0.25) is 5.02 Å². The highest BCUT2D eigenvalue weighted by Crippen LogP contribution is 2.25. The van der Waals surface area contributed by atoms with E-state index in [1.807, 2.05) is 73.8 Å². The summed E-state index contributed by atoms with van der Waals surface area (Å²) in [6, 6.07) is 19.5. The zero-order valence-corrected chi connectivity index (χ0v) is 15.4. The van der Waals surface area contributed by atoms with Crippen molar-refractivity contribution in [3.63, 3.8) is 0 Å². The molecule has 0 spiro atoms. The van der Waals surface area contributed by atoms with Gasteiger partial charge in [-0.15, -0.1) is 0 Å². The van der Waals surface area contributed by atoms with Gasteiger partial charge in [-0.05, 0) is 66.8 Å². The lowest BCUT2D eigenvalue weighted by molar-refractivity contribution is 0.0420. The van der Waals surface area contributed by atoms with Crippen LogP contribution in [-0.2, 0) is 6.42 Å². The predicted octanol–water partition coefficient (Wildman–Crippen LogP) is 5.16. The quantitative estimate of drug-likeness (QED) is 0.627. The van der Waals surface area contributed by atoms with Gasteiger partial charge in [0.2, 0.25) is 0 Å². The Bertz CT molecular complexity index is 821. The number of halogens is 1. The average molecular weight is 368 g/mol. The first-order valence-electron chi connectivity index (χ1n) is 8.71. The molecule has 3 aromatic rings. The van der Waals surface area contributed by atoms with E-state index in [4.69, 9.17) is 16.3 Å². The number of rotatable bonds is 7. The Balaban J connectivity index is 1.56. The third-order valence-electron chi connectivity index (χ3n) is 4.33. The van der Waals surface area contributed by atoms with Crippen LogP contribution in [-0.4, -0.2) is 22.3 Å². The molecule has 0 amide bonds. The van der Waals surface area contributed by atoms with Gasteiger partial charge in [-0.3, -0.25) is 4.98 Å². The third-order valence-corrected chi connectivity index (χ3v) is 4.56. The molecular formula is C22H22ClNO2. The number of aryl methyl sites for hydroxylation is 1. The van der Waals surface area contributed by atoms with Crippen molar-refractivity contribution < 1.29 is 9.84 Å². The summed E-state index contributed by atoms with van der Waals surface area (Å²) in [5.74, 6) is 0.740. The molecule has 1 heterocycles. The van der Waals surface area contributed by atoms with Gasteiger partial charge in [-0.25, -0.2) is 0 Å². The summed E-state index contributed by atoms with van der Waals surface area (Å²) >= 11 is 6.05. The molecule has 3 rings (SSSR count). The van der Waals surface area contributed by atoms with E-state index in [0.29, 0.717) is 11.4 Å². The molecule has 0 aliphatic rings. The minimum absolute atomic E-state index is 0.288. The molecule has 26 heavy (non-hydrogen) atoms. The first kappa shape index (κ1) is 18.4. The highest BCUT2D eigenvalue weighted by molar-refractivity contribution is 6.30. The number of pyridine rings is 1. The Morgan fingerprint density at radius 1 is 1.04 bits per heavy atom. The standard InChI is InChI=1S/C22H22ClNO2/c1-16(22(25)12-7-17-4-3-13-24-15-17)26-21-10-8-18(9-11-21)19-5-2-6-20(23)14-19/h2-6,8-11,13-16,22,25H,7,12H2,1H3/t16-,22?/m0/s1. The van der Waals surface area contributed by atoms with E-state index in [1.54, 1.807) is 6.20 Å². The maximum Gasteiger partial charge on any atom is 0.122 e. The van der Waals surface area contributed by atoms with Crippen LogP contribution in [0, 0.1) is 0 Å². The van der Waals surface area contributed by atoms with Crippen molar-refractivity contribution in [2.24, 2.45) is 0 Å². The van der Waals surface area contributed by atoms with Crippen molar-refractivity contribution in [3.8, 4) is 16.9 Å². The van der Waals surface area contributed by atoms with Gasteiger partial charge in [0.05, 0.1) is 6.10 Å². The van der Waals surface area contributed by atoms with Crippen molar-refractivity contribution in [2.45, 2.75) is 32.0 Å². The van der Waals surface area contributed by atoms with Crippen LogP contribution in [0.3, 0.4) is 0 Å². The van der Waals surface area contributed by atoms with E-state index < -0.39 is 6.10 Å². The topological polar surface area (TPSA) is 42.4 Å². The molecule has 2 aromatic carbocycles. The fourth-order valence-corrected chi connectivity index (χ4v) is 2.97. The molecule has 1 aromatic heterocycles. The fraction of sp³-hybridized carbons (Fsp3) is 0.227. The summed E-state index contributed by atoms with van der Waals surface area (Å²) in [4.78, 5) is 4.09. The molecule has 4 heteroatoms. The average Bonchev–Trinajstić information content (AvgIpc) is 2.67. The number of hydrogen-bond donors (Lipinski definition) is 1. The number of ether oxygens (including phenoxy) is 1. The number of nitrogens with zero attached hydrogens (tertiary/aromatic N) is 1. The van der Waals surface area contributed by atoms with Gasteiger partial charge in [0.15, 0.2) is 0 Å². The monoisotopic (exact) mass is 367 g/mol. The van der Waals surface area contributed by atoms with Crippen LogP contribution in [0.15, 0.2) is 73.1 Å². The Morgan fingerprint density at radius 3 is 2.54 bits per heavy atom. The lowest BCUT2D eigenvalue weighted by atomic mass is 10.0. The minimum Gasteiger partial charge on any atom is -0.488 e. The van der Waals surface area contributed by atoms with Gasteiger partial charge in [0.1, 0.15) is 11.9 Å². The molecule has 0 saturated carbocycles. The van der Waals surface area contributed by atoms with Gasteiger partial charge in [0, 0.05) is 17.4 Å². The van der Waals surface area contributed by atoms with Crippen LogP contribution in [0.25, 0.3) is 11.1 Å². The number of aliphatic hydroxyl groups excluding tert-OH is 1. The summed E-state index contributed by atoms with van der Waals surface area (Å²) in [6.45, 7) is 1.89. The molecule has 0 aliphatic heterocycles. The van der Waals surface area contributed by atoms with E-state index in [-0.39, 0.29) is 6.10 Å². The largest absolute Gasteiger partial charge is 0.488 e. The highest BCUT2D eigenvalue weighted by Gasteiger charge is 2.16. The minimum atomic E-state index is -0.539. The molecule has 0 radical (unpaired) electrons. The number of aliphatic hydroxyl groups is 1. The molecule has 0 saturated heterocycles. The van der Waals surface area contributed by atoms with Crippen LogP contribution in [0.4, 0.5) is 0 Å². The lowest BCUT2D eigenvalue weighted by Crippen LogP contribution is -2.29. The maximum absolute atomic E-state index is 10.3. The first-order valence-corrected chi connectivity index (χ1v) is 9.09. The van der Waals surface area contributed by atoms with Crippen molar-refractivity contribution in [1.29, 1.82) is 0 Å². The normalized spacial score (nSPS) is 13.2. The zero-order valence-electron chi connectivity index (χ0n) is 14.7.